The van der Waals surface area contributed by atoms with Gasteiger partial charge >= 0.3 is 0 Å². The summed E-state index contributed by atoms with van der Waals surface area (Å²) >= 11 is 0. The van der Waals surface area contributed by atoms with Crippen molar-refractivity contribution in [2.75, 3.05) is 0 Å². The minimum atomic E-state index is -0.445. The molecule has 1 unspecified atom stereocenters. The topological polar surface area (TPSA) is 62.5 Å². The lowest BCUT2D eigenvalue weighted by molar-refractivity contribution is 0.846. The molecule has 3 aromatic rings. The second-order valence-electron chi connectivity index (χ2n) is 4.94. The highest BCUT2D eigenvalue weighted by atomic mass is 15.2. The van der Waals surface area contributed by atoms with Gasteiger partial charge in [-0.1, -0.05) is 60.7 Å². The van der Waals surface area contributed by atoms with Crippen LogP contribution in [0.15, 0.2) is 60.7 Å². The van der Waals surface area contributed by atoms with Crippen molar-refractivity contribution in [2.24, 2.45) is 0 Å². The first-order chi connectivity index (χ1) is 10.8. The first-order valence-electron chi connectivity index (χ1n) is 7.01. The predicted molar refractivity (Wildman–Crippen MR) is 83.9 cm³/mol. The van der Waals surface area contributed by atoms with Gasteiger partial charge in [0.15, 0.2) is 5.82 Å². The van der Waals surface area contributed by atoms with Crippen LogP contribution in [0.2, 0.25) is 0 Å². The van der Waals surface area contributed by atoms with Crippen LogP contribution < -0.4 is 0 Å². The van der Waals surface area contributed by atoms with E-state index in [0.29, 0.717) is 17.2 Å². The number of benzene rings is 2. The standard InChI is InChI=1S/C18H14N4/c1-13-17(16(12-19)14-8-4-2-5-9-14)20-18(22-21-13)15-10-6-3-7-11-15/h2-11,16H,1H3. The smallest absolute Gasteiger partial charge is 0.182 e. The Morgan fingerprint density at radius 1 is 0.909 bits per heavy atom. The average Bonchev–Trinajstić information content (AvgIpc) is 2.59. The van der Waals surface area contributed by atoms with Crippen LogP contribution in [0.1, 0.15) is 22.9 Å². The molecule has 0 fully saturated rings. The zero-order valence-electron chi connectivity index (χ0n) is 12.1. The molecule has 0 bridgehead atoms. The number of hydrogen-bond acceptors (Lipinski definition) is 4. The maximum absolute atomic E-state index is 9.58. The van der Waals surface area contributed by atoms with E-state index < -0.39 is 5.92 Å². The highest BCUT2D eigenvalue weighted by Crippen LogP contribution is 2.25. The summed E-state index contributed by atoms with van der Waals surface area (Å²) in [6.07, 6.45) is 0. The molecule has 106 valence electrons. The Bertz CT molecular complexity index is 807. The Kier molecular flexibility index (Phi) is 3.88. The number of aryl methyl sites for hydroxylation is 1. The zero-order chi connectivity index (χ0) is 15.4. The van der Waals surface area contributed by atoms with Crippen LogP contribution in [-0.2, 0) is 0 Å². The van der Waals surface area contributed by atoms with Crippen molar-refractivity contribution in [1.82, 2.24) is 15.2 Å². The molecule has 0 amide bonds. The summed E-state index contributed by atoms with van der Waals surface area (Å²) in [7, 11) is 0. The number of hydrogen-bond donors (Lipinski definition) is 0. The molecule has 0 N–H and O–H groups in total. The van der Waals surface area contributed by atoms with Gasteiger partial charge in [0.2, 0.25) is 0 Å². The molecule has 0 aliphatic rings. The van der Waals surface area contributed by atoms with Gasteiger partial charge in [0, 0.05) is 5.56 Å². The molecule has 0 aliphatic heterocycles. The minimum absolute atomic E-state index is 0.445. The second kappa shape index (κ2) is 6.15. The molecule has 0 radical (unpaired) electrons. The summed E-state index contributed by atoms with van der Waals surface area (Å²) in [5.74, 6) is 0.0940. The third-order valence-corrected chi connectivity index (χ3v) is 3.46. The highest BCUT2D eigenvalue weighted by molar-refractivity contribution is 5.54. The van der Waals surface area contributed by atoms with Gasteiger partial charge in [-0.15, -0.1) is 5.10 Å². The molecule has 22 heavy (non-hydrogen) atoms. The molecule has 1 heterocycles. The molecule has 4 heteroatoms. The highest BCUT2D eigenvalue weighted by Gasteiger charge is 2.19. The maximum atomic E-state index is 9.58. The van der Waals surface area contributed by atoms with Gasteiger partial charge < -0.3 is 0 Å². The number of rotatable bonds is 3. The van der Waals surface area contributed by atoms with Gasteiger partial charge in [-0.3, -0.25) is 0 Å². The van der Waals surface area contributed by atoms with Crippen LogP contribution in [0.5, 0.6) is 0 Å². The van der Waals surface area contributed by atoms with Gasteiger partial charge in [-0.05, 0) is 12.5 Å². The SMILES string of the molecule is Cc1nnc(-c2ccccc2)nc1C(C#N)c1ccccc1. The molecule has 4 nitrogen and oxygen atoms in total. The number of nitrogens with zero attached hydrogens (tertiary/aromatic N) is 4. The van der Waals surface area contributed by atoms with Crippen molar-refractivity contribution < 1.29 is 0 Å². The van der Waals surface area contributed by atoms with Crippen LogP contribution in [0.4, 0.5) is 0 Å². The van der Waals surface area contributed by atoms with E-state index in [2.05, 4.69) is 21.3 Å². The molecular formula is C18H14N4. The van der Waals surface area contributed by atoms with E-state index >= 15 is 0 Å². The van der Waals surface area contributed by atoms with E-state index in [0.717, 1.165) is 11.1 Å². The lowest BCUT2D eigenvalue weighted by atomic mass is 9.96. The Morgan fingerprint density at radius 3 is 2.18 bits per heavy atom. The fourth-order valence-electron chi connectivity index (χ4n) is 2.31. The quantitative estimate of drug-likeness (QED) is 0.739. The van der Waals surface area contributed by atoms with Crippen LogP contribution >= 0.6 is 0 Å². The lowest BCUT2D eigenvalue weighted by Gasteiger charge is -2.12. The molecule has 1 atom stereocenters. The fraction of sp³-hybridized carbons (Fsp3) is 0.111. The van der Waals surface area contributed by atoms with E-state index in [9.17, 15) is 5.26 Å². The van der Waals surface area contributed by atoms with Crippen molar-refractivity contribution in [2.45, 2.75) is 12.8 Å². The summed E-state index contributed by atoms with van der Waals surface area (Å²) in [6, 6.07) is 21.6. The van der Waals surface area contributed by atoms with Gasteiger partial charge in [-0.25, -0.2) is 4.98 Å². The van der Waals surface area contributed by atoms with Crippen molar-refractivity contribution in [3.05, 3.63) is 77.6 Å². The van der Waals surface area contributed by atoms with Gasteiger partial charge in [-0.2, -0.15) is 10.4 Å². The Balaban J connectivity index is 2.09. The lowest BCUT2D eigenvalue weighted by Crippen LogP contribution is -2.08. The van der Waals surface area contributed by atoms with Crippen molar-refractivity contribution in [3.63, 3.8) is 0 Å². The Labute approximate surface area is 129 Å². The van der Waals surface area contributed by atoms with Crippen LogP contribution in [0.25, 0.3) is 11.4 Å². The Morgan fingerprint density at radius 2 is 1.55 bits per heavy atom. The summed E-state index contributed by atoms with van der Waals surface area (Å²) in [4.78, 5) is 4.59. The van der Waals surface area contributed by atoms with Gasteiger partial charge in [0.05, 0.1) is 17.5 Å². The number of aromatic nitrogens is 3. The van der Waals surface area contributed by atoms with E-state index in [-0.39, 0.29) is 0 Å². The normalized spacial score (nSPS) is 11.6. The molecule has 0 saturated carbocycles. The van der Waals surface area contributed by atoms with Gasteiger partial charge in [0.25, 0.3) is 0 Å². The van der Waals surface area contributed by atoms with E-state index in [1.165, 1.54) is 0 Å². The largest absolute Gasteiger partial charge is 0.228 e. The first kappa shape index (κ1) is 13.9. The van der Waals surface area contributed by atoms with Crippen LogP contribution in [-0.4, -0.2) is 15.2 Å². The van der Waals surface area contributed by atoms with Gasteiger partial charge in [0.1, 0.15) is 5.92 Å². The third kappa shape index (κ3) is 2.70. The summed E-state index contributed by atoms with van der Waals surface area (Å²) in [6.45, 7) is 1.83. The molecule has 0 aliphatic carbocycles. The molecule has 0 spiro atoms. The van der Waals surface area contributed by atoms with Crippen molar-refractivity contribution in [1.29, 1.82) is 5.26 Å². The van der Waals surface area contributed by atoms with E-state index in [1.807, 2.05) is 67.6 Å². The monoisotopic (exact) mass is 286 g/mol. The van der Waals surface area contributed by atoms with Crippen LogP contribution in [0, 0.1) is 18.3 Å². The first-order valence-corrected chi connectivity index (χ1v) is 7.01. The number of nitriles is 1. The van der Waals surface area contributed by atoms with E-state index in [4.69, 9.17) is 0 Å². The summed E-state index contributed by atoms with van der Waals surface area (Å²) < 4.78 is 0. The molecular weight excluding hydrogens is 272 g/mol. The molecule has 0 saturated heterocycles. The minimum Gasteiger partial charge on any atom is -0.228 e. The average molecular weight is 286 g/mol. The fourth-order valence-corrected chi connectivity index (χ4v) is 2.31. The molecule has 1 aromatic heterocycles. The maximum Gasteiger partial charge on any atom is 0.182 e. The molecule has 3 rings (SSSR count). The second-order valence-corrected chi connectivity index (χ2v) is 4.94. The van der Waals surface area contributed by atoms with Crippen molar-refractivity contribution in [3.8, 4) is 17.5 Å². The summed E-state index contributed by atoms with van der Waals surface area (Å²) in [5, 5.41) is 17.9. The van der Waals surface area contributed by atoms with Crippen molar-refractivity contribution >= 4 is 0 Å². The zero-order valence-corrected chi connectivity index (χ0v) is 12.1. The van der Waals surface area contributed by atoms with E-state index in [1.54, 1.807) is 0 Å². The summed E-state index contributed by atoms with van der Waals surface area (Å²) in [5.41, 5.74) is 3.13. The predicted octanol–water partition coefficient (Wildman–Crippen LogP) is 3.50. The third-order valence-electron chi connectivity index (χ3n) is 3.46. The molecule has 2 aromatic carbocycles. The van der Waals surface area contributed by atoms with Crippen LogP contribution in [0.3, 0.4) is 0 Å². The Hall–Kier alpha value is -3.06.